The van der Waals surface area contributed by atoms with Crippen LogP contribution in [0.2, 0.25) is 0 Å². The SMILES string of the molecule is CN(CC(=O)Nc1cccc(CN2CCCC2)c1)C1CCCC1. The minimum atomic E-state index is 0.0951. The second kappa shape index (κ2) is 7.93. The summed E-state index contributed by atoms with van der Waals surface area (Å²) in [6, 6.07) is 8.88. The highest BCUT2D eigenvalue weighted by Crippen LogP contribution is 2.22. The van der Waals surface area contributed by atoms with Crippen molar-refractivity contribution < 1.29 is 4.79 Å². The van der Waals surface area contributed by atoms with E-state index in [0.717, 1.165) is 12.2 Å². The molecule has 1 aromatic rings. The molecular formula is C19H29N3O. The van der Waals surface area contributed by atoms with Crippen molar-refractivity contribution in [2.24, 2.45) is 0 Å². The zero-order valence-electron chi connectivity index (χ0n) is 14.3. The lowest BCUT2D eigenvalue weighted by molar-refractivity contribution is -0.117. The zero-order chi connectivity index (χ0) is 16.1. The van der Waals surface area contributed by atoms with Gasteiger partial charge in [-0.2, -0.15) is 0 Å². The van der Waals surface area contributed by atoms with Gasteiger partial charge < -0.3 is 5.32 Å². The number of rotatable bonds is 6. The van der Waals surface area contributed by atoms with E-state index >= 15 is 0 Å². The predicted octanol–water partition coefficient (Wildman–Crippen LogP) is 3.10. The third kappa shape index (κ3) is 4.79. The van der Waals surface area contributed by atoms with E-state index in [1.54, 1.807) is 0 Å². The number of carbonyl (C=O) groups is 1. The summed E-state index contributed by atoms with van der Waals surface area (Å²) in [5.74, 6) is 0.0951. The zero-order valence-corrected chi connectivity index (χ0v) is 14.3. The molecule has 1 amide bonds. The summed E-state index contributed by atoms with van der Waals surface area (Å²) in [5.41, 5.74) is 2.21. The van der Waals surface area contributed by atoms with Crippen molar-refractivity contribution in [1.29, 1.82) is 0 Å². The smallest absolute Gasteiger partial charge is 0.238 e. The Labute approximate surface area is 139 Å². The summed E-state index contributed by atoms with van der Waals surface area (Å²) in [6.45, 7) is 3.87. The minimum Gasteiger partial charge on any atom is -0.325 e. The Morgan fingerprint density at radius 3 is 2.70 bits per heavy atom. The van der Waals surface area contributed by atoms with Crippen molar-refractivity contribution in [3.63, 3.8) is 0 Å². The molecule has 1 aliphatic carbocycles. The first kappa shape index (κ1) is 16.5. The van der Waals surface area contributed by atoms with E-state index in [1.807, 2.05) is 12.1 Å². The van der Waals surface area contributed by atoms with Crippen LogP contribution in [0.5, 0.6) is 0 Å². The summed E-state index contributed by atoms with van der Waals surface area (Å²) in [5, 5.41) is 3.06. The molecule has 0 unspecified atom stereocenters. The van der Waals surface area contributed by atoms with Crippen LogP contribution >= 0.6 is 0 Å². The second-order valence-corrected chi connectivity index (χ2v) is 7.09. The van der Waals surface area contributed by atoms with Gasteiger partial charge in [-0.1, -0.05) is 25.0 Å². The van der Waals surface area contributed by atoms with Crippen molar-refractivity contribution in [1.82, 2.24) is 9.80 Å². The summed E-state index contributed by atoms with van der Waals surface area (Å²) < 4.78 is 0. The maximum atomic E-state index is 12.3. The lowest BCUT2D eigenvalue weighted by atomic mass is 10.2. The van der Waals surface area contributed by atoms with Crippen LogP contribution < -0.4 is 5.32 Å². The van der Waals surface area contributed by atoms with E-state index in [0.29, 0.717) is 12.6 Å². The second-order valence-electron chi connectivity index (χ2n) is 7.09. The first-order valence-corrected chi connectivity index (χ1v) is 9.02. The first-order valence-electron chi connectivity index (χ1n) is 9.02. The summed E-state index contributed by atoms with van der Waals surface area (Å²) in [7, 11) is 2.07. The Kier molecular flexibility index (Phi) is 5.68. The molecule has 23 heavy (non-hydrogen) atoms. The molecule has 2 fully saturated rings. The lowest BCUT2D eigenvalue weighted by Gasteiger charge is -2.23. The number of nitrogens with zero attached hydrogens (tertiary/aromatic N) is 2. The summed E-state index contributed by atoms with van der Waals surface area (Å²) in [6.07, 6.45) is 7.68. The normalized spacial score (nSPS) is 19.6. The highest BCUT2D eigenvalue weighted by Gasteiger charge is 2.21. The number of benzene rings is 1. The van der Waals surface area contributed by atoms with Crippen LogP contribution in [0.1, 0.15) is 44.1 Å². The van der Waals surface area contributed by atoms with Crippen molar-refractivity contribution in [3.05, 3.63) is 29.8 Å². The van der Waals surface area contributed by atoms with E-state index in [4.69, 9.17) is 0 Å². The lowest BCUT2D eigenvalue weighted by Crippen LogP contribution is -2.36. The minimum absolute atomic E-state index is 0.0951. The molecule has 1 saturated heterocycles. The van der Waals surface area contributed by atoms with Crippen molar-refractivity contribution in [2.45, 2.75) is 51.1 Å². The van der Waals surface area contributed by atoms with Gasteiger partial charge in [-0.15, -0.1) is 0 Å². The quantitative estimate of drug-likeness (QED) is 0.876. The van der Waals surface area contributed by atoms with Gasteiger partial charge in [0.2, 0.25) is 5.91 Å². The molecule has 1 heterocycles. The predicted molar refractivity (Wildman–Crippen MR) is 94.5 cm³/mol. The molecule has 1 saturated carbocycles. The number of amides is 1. The van der Waals surface area contributed by atoms with Gasteiger partial charge >= 0.3 is 0 Å². The molecule has 0 radical (unpaired) electrons. The van der Waals surface area contributed by atoms with Gasteiger partial charge in [0.05, 0.1) is 6.54 Å². The maximum Gasteiger partial charge on any atom is 0.238 e. The van der Waals surface area contributed by atoms with E-state index in [2.05, 4.69) is 34.3 Å². The van der Waals surface area contributed by atoms with E-state index in [1.165, 1.54) is 57.2 Å². The molecule has 0 aromatic heterocycles. The van der Waals surface area contributed by atoms with Crippen molar-refractivity contribution in [2.75, 3.05) is 32.0 Å². The molecular weight excluding hydrogens is 286 g/mol. The third-order valence-electron chi connectivity index (χ3n) is 5.16. The molecule has 0 spiro atoms. The standard InChI is InChI=1S/C19H29N3O/c1-21(18-9-2-3-10-18)15-19(23)20-17-8-6-7-16(13-17)14-22-11-4-5-12-22/h6-8,13,18H,2-5,9-12,14-15H2,1H3,(H,20,23). The molecule has 1 aliphatic heterocycles. The maximum absolute atomic E-state index is 12.3. The Bertz CT molecular complexity index is 519. The highest BCUT2D eigenvalue weighted by molar-refractivity contribution is 5.92. The van der Waals surface area contributed by atoms with E-state index in [-0.39, 0.29) is 5.91 Å². The molecule has 2 aliphatic rings. The number of likely N-dealkylation sites (N-methyl/N-ethyl adjacent to an activating group) is 1. The molecule has 1 aromatic carbocycles. The largest absolute Gasteiger partial charge is 0.325 e. The fourth-order valence-electron chi connectivity index (χ4n) is 3.85. The van der Waals surface area contributed by atoms with Crippen molar-refractivity contribution >= 4 is 11.6 Å². The van der Waals surface area contributed by atoms with Crippen LogP contribution in [0, 0.1) is 0 Å². The average molecular weight is 315 g/mol. The van der Waals surface area contributed by atoms with Crippen LogP contribution in [-0.4, -0.2) is 48.4 Å². The molecule has 4 nitrogen and oxygen atoms in total. The number of nitrogens with one attached hydrogen (secondary N) is 1. The number of hydrogen-bond donors (Lipinski definition) is 1. The van der Waals surface area contributed by atoms with Crippen molar-refractivity contribution in [3.8, 4) is 0 Å². The van der Waals surface area contributed by atoms with Crippen LogP contribution in [0.25, 0.3) is 0 Å². The number of anilines is 1. The first-order chi connectivity index (χ1) is 11.2. The van der Waals surface area contributed by atoms with Gasteiger partial charge in [0.25, 0.3) is 0 Å². The van der Waals surface area contributed by atoms with Gasteiger partial charge in [-0.05, 0) is 63.5 Å². The fraction of sp³-hybridized carbons (Fsp3) is 0.632. The monoisotopic (exact) mass is 315 g/mol. The number of carbonyl (C=O) groups excluding carboxylic acids is 1. The van der Waals surface area contributed by atoms with Gasteiger partial charge in [0.15, 0.2) is 0 Å². The molecule has 0 atom stereocenters. The Balaban J connectivity index is 1.51. The molecule has 3 rings (SSSR count). The van der Waals surface area contributed by atoms with Crippen LogP contribution in [0.4, 0.5) is 5.69 Å². The van der Waals surface area contributed by atoms with E-state index < -0.39 is 0 Å². The topological polar surface area (TPSA) is 35.6 Å². The number of hydrogen-bond acceptors (Lipinski definition) is 3. The molecule has 1 N–H and O–H groups in total. The Morgan fingerprint density at radius 1 is 1.22 bits per heavy atom. The average Bonchev–Trinajstić information content (AvgIpc) is 3.20. The van der Waals surface area contributed by atoms with Gasteiger partial charge in [0.1, 0.15) is 0 Å². The Morgan fingerprint density at radius 2 is 1.96 bits per heavy atom. The molecule has 126 valence electrons. The van der Waals surface area contributed by atoms with Crippen LogP contribution in [0.3, 0.4) is 0 Å². The molecule has 0 bridgehead atoms. The number of likely N-dealkylation sites (tertiary alicyclic amines) is 1. The summed E-state index contributed by atoms with van der Waals surface area (Å²) in [4.78, 5) is 17.0. The Hall–Kier alpha value is -1.39. The summed E-state index contributed by atoms with van der Waals surface area (Å²) >= 11 is 0. The van der Waals surface area contributed by atoms with E-state index in [9.17, 15) is 4.79 Å². The highest BCUT2D eigenvalue weighted by atomic mass is 16.2. The van der Waals surface area contributed by atoms with Crippen LogP contribution in [0.15, 0.2) is 24.3 Å². The molecule has 4 heteroatoms. The fourth-order valence-corrected chi connectivity index (χ4v) is 3.85. The third-order valence-corrected chi connectivity index (χ3v) is 5.16. The van der Waals surface area contributed by atoms with Gasteiger partial charge in [-0.3, -0.25) is 14.6 Å². The van der Waals surface area contributed by atoms with Crippen LogP contribution in [-0.2, 0) is 11.3 Å². The van der Waals surface area contributed by atoms with Gasteiger partial charge in [0, 0.05) is 18.3 Å². The van der Waals surface area contributed by atoms with Gasteiger partial charge in [-0.25, -0.2) is 0 Å².